The van der Waals surface area contributed by atoms with Crippen LogP contribution in [0.15, 0.2) is 6.20 Å². The van der Waals surface area contributed by atoms with Crippen molar-refractivity contribution in [1.29, 1.82) is 0 Å². The molecule has 7 nitrogen and oxygen atoms in total. The molecule has 0 radical (unpaired) electrons. The highest BCUT2D eigenvalue weighted by Gasteiger charge is 2.25. The van der Waals surface area contributed by atoms with Gasteiger partial charge in [0.05, 0.1) is 11.6 Å². The summed E-state index contributed by atoms with van der Waals surface area (Å²) in [6.07, 6.45) is 4.79. The fourth-order valence-electron chi connectivity index (χ4n) is 2.26. The van der Waals surface area contributed by atoms with Crippen LogP contribution in [0.25, 0.3) is 11.0 Å². The lowest BCUT2D eigenvalue weighted by Gasteiger charge is -2.32. The molecule has 0 amide bonds. The number of rotatable bonds is 6. The van der Waals surface area contributed by atoms with Crippen molar-refractivity contribution in [2.75, 3.05) is 10.7 Å². The molecule has 0 spiro atoms. The second-order valence-corrected chi connectivity index (χ2v) is 4.64. The molecule has 0 aliphatic heterocycles. The van der Waals surface area contributed by atoms with Crippen LogP contribution in [0.5, 0.6) is 0 Å². The first-order chi connectivity index (χ1) is 9.18. The molecule has 0 saturated heterocycles. The summed E-state index contributed by atoms with van der Waals surface area (Å²) in [4.78, 5) is 8.62. The summed E-state index contributed by atoms with van der Waals surface area (Å²) in [5.74, 6) is 6.54. The van der Waals surface area contributed by atoms with Crippen molar-refractivity contribution < 1.29 is 0 Å². The highest BCUT2D eigenvalue weighted by atomic mass is 15.3. The lowest BCUT2D eigenvalue weighted by atomic mass is 9.90. The van der Waals surface area contributed by atoms with Gasteiger partial charge in [-0.3, -0.25) is 10.5 Å². The summed E-state index contributed by atoms with van der Waals surface area (Å²) in [6.45, 7) is 6.53. The van der Waals surface area contributed by atoms with Gasteiger partial charge in [-0.25, -0.2) is 5.84 Å². The zero-order valence-corrected chi connectivity index (χ0v) is 11.6. The van der Waals surface area contributed by atoms with E-state index in [0.717, 1.165) is 30.5 Å². The van der Waals surface area contributed by atoms with Gasteiger partial charge in [-0.05, 0) is 19.3 Å². The second kappa shape index (κ2) is 5.40. The molecule has 2 aromatic heterocycles. The van der Waals surface area contributed by atoms with Crippen molar-refractivity contribution in [1.82, 2.24) is 20.2 Å². The van der Waals surface area contributed by atoms with E-state index >= 15 is 0 Å². The van der Waals surface area contributed by atoms with Crippen LogP contribution in [0.1, 0.15) is 40.0 Å². The Morgan fingerprint density at radius 1 is 1.21 bits per heavy atom. The van der Waals surface area contributed by atoms with Crippen molar-refractivity contribution in [3.8, 4) is 0 Å². The summed E-state index contributed by atoms with van der Waals surface area (Å²) < 4.78 is 0. The fourth-order valence-corrected chi connectivity index (χ4v) is 2.26. The first kappa shape index (κ1) is 13.5. The van der Waals surface area contributed by atoms with Crippen molar-refractivity contribution in [2.45, 2.75) is 45.6 Å². The zero-order chi connectivity index (χ0) is 13.9. The lowest BCUT2D eigenvalue weighted by Crippen LogP contribution is -2.36. The molecule has 5 N–H and O–H groups in total. The standard InChI is InChI=1S/C12H21N7/c1-4-12(5-2,6-3)17-9-8-7-14-19-10(8)16-11(15-9)18-13/h7H,4-6,13H2,1-3H3,(H3,14,15,16,17,18,19). The van der Waals surface area contributed by atoms with E-state index in [1.165, 1.54) is 0 Å². The van der Waals surface area contributed by atoms with Crippen LogP contribution in [0.4, 0.5) is 11.8 Å². The van der Waals surface area contributed by atoms with Gasteiger partial charge in [-0.1, -0.05) is 20.8 Å². The summed E-state index contributed by atoms with van der Waals surface area (Å²) in [7, 11) is 0. The van der Waals surface area contributed by atoms with Gasteiger partial charge in [0.25, 0.3) is 0 Å². The Hall–Kier alpha value is -1.89. The van der Waals surface area contributed by atoms with Crippen LogP contribution < -0.4 is 16.6 Å². The molecule has 2 aromatic rings. The largest absolute Gasteiger partial charge is 0.364 e. The molecule has 0 unspecified atom stereocenters. The Labute approximate surface area is 112 Å². The maximum Gasteiger partial charge on any atom is 0.241 e. The van der Waals surface area contributed by atoms with E-state index in [-0.39, 0.29) is 5.54 Å². The third-order valence-corrected chi connectivity index (χ3v) is 3.85. The number of hydrogen-bond acceptors (Lipinski definition) is 6. The van der Waals surface area contributed by atoms with Gasteiger partial charge in [0, 0.05) is 5.54 Å². The van der Waals surface area contributed by atoms with Crippen LogP contribution in [-0.2, 0) is 0 Å². The van der Waals surface area contributed by atoms with E-state index in [9.17, 15) is 0 Å². The molecule has 7 heteroatoms. The molecule has 19 heavy (non-hydrogen) atoms. The number of hydrazine groups is 1. The minimum atomic E-state index is 0.0322. The van der Waals surface area contributed by atoms with Crippen LogP contribution in [0.3, 0.4) is 0 Å². The second-order valence-electron chi connectivity index (χ2n) is 4.64. The summed E-state index contributed by atoms with van der Waals surface area (Å²) in [5, 5.41) is 11.3. The molecule has 0 bridgehead atoms. The van der Waals surface area contributed by atoms with Crippen molar-refractivity contribution >= 4 is 22.8 Å². The molecule has 0 saturated carbocycles. The molecule has 0 aliphatic rings. The number of nitrogen functional groups attached to an aromatic ring is 1. The van der Waals surface area contributed by atoms with Gasteiger partial charge >= 0.3 is 0 Å². The maximum absolute atomic E-state index is 5.40. The maximum atomic E-state index is 5.40. The molecular formula is C12H21N7. The summed E-state index contributed by atoms with van der Waals surface area (Å²) in [5.41, 5.74) is 3.18. The normalized spacial score (nSPS) is 11.8. The first-order valence-electron chi connectivity index (χ1n) is 6.64. The van der Waals surface area contributed by atoms with Gasteiger partial charge in [0.15, 0.2) is 5.65 Å². The lowest BCUT2D eigenvalue weighted by molar-refractivity contribution is 0.419. The molecule has 104 valence electrons. The van der Waals surface area contributed by atoms with Gasteiger partial charge < -0.3 is 5.32 Å². The Morgan fingerprint density at radius 3 is 2.47 bits per heavy atom. The van der Waals surface area contributed by atoms with Crippen LogP contribution in [-0.4, -0.2) is 25.7 Å². The number of aromatic nitrogens is 4. The Morgan fingerprint density at radius 2 is 1.89 bits per heavy atom. The molecule has 2 rings (SSSR count). The number of hydrogen-bond donors (Lipinski definition) is 4. The van der Waals surface area contributed by atoms with Gasteiger partial charge in [-0.2, -0.15) is 15.1 Å². The highest BCUT2D eigenvalue weighted by Crippen LogP contribution is 2.28. The quantitative estimate of drug-likeness (QED) is 0.469. The topological polar surface area (TPSA) is 105 Å². The predicted molar refractivity (Wildman–Crippen MR) is 76.7 cm³/mol. The Bertz CT molecular complexity index is 536. The molecule has 2 heterocycles. The number of fused-ring (bicyclic) bond motifs is 1. The fraction of sp³-hybridized carbons (Fsp3) is 0.583. The van der Waals surface area contributed by atoms with Crippen molar-refractivity contribution in [3.05, 3.63) is 6.20 Å². The predicted octanol–water partition coefficient (Wildman–Crippen LogP) is 2.02. The van der Waals surface area contributed by atoms with E-state index < -0.39 is 0 Å². The number of aromatic amines is 1. The molecule has 0 fully saturated rings. The highest BCUT2D eigenvalue weighted by molar-refractivity contribution is 5.87. The van der Waals surface area contributed by atoms with Crippen molar-refractivity contribution in [2.24, 2.45) is 5.84 Å². The zero-order valence-electron chi connectivity index (χ0n) is 11.6. The average Bonchev–Trinajstić information content (AvgIpc) is 2.93. The summed E-state index contributed by atoms with van der Waals surface area (Å²) >= 11 is 0. The number of nitrogens with two attached hydrogens (primary N) is 1. The van der Waals surface area contributed by atoms with Gasteiger partial charge in [-0.15, -0.1) is 0 Å². The number of nitrogens with zero attached hydrogens (tertiary/aromatic N) is 3. The van der Waals surface area contributed by atoms with Crippen LogP contribution in [0.2, 0.25) is 0 Å². The Kier molecular flexibility index (Phi) is 3.84. The van der Waals surface area contributed by atoms with Gasteiger partial charge in [0.2, 0.25) is 5.95 Å². The van der Waals surface area contributed by atoms with Crippen LogP contribution in [0, 0.1) is 0 Å². The number of anilines is 2. The molecule has 0 aromatic carbocycles. The monoisotopic (exact) mass is 263 g/mol. The third-order valence-electron chi connectivity index (χ3n) is 3.85. The first-order valence-corrected chi connectivity index (χ1v) is 6.64. The molecular weight excluding hydrogens is 242 g/mol. The van der Waals surface area contributed by atoms with E-state index in [0.29, 0.717) is 11.6 Å². The van der Waals surface area contributed by atoms with E-state index in [2.05, 4.69) is 51.7 Å². The third kappa shape index (κ3) is 2.46. The number of H-pyrrole nitrogens is 1. The van der Waals surface area contributed by atoms with E-state index in [4.69, 9.17) is 5.84 Å². The average molecular weight is 263 g/mol. The SMILES string of the molecule is CCC(CC)(CC)Nc1nc(NN)nc2[nH]ncc12. The van der Waals surface area contributed by atoms with E-state index in [1.54, 1.807) is 6.20 Å². The van der Waals surface area contributed by atoms with Gasteiger partial charge in [0.1, 0.15) is 5.82 Å². The van der Waals surface area contributed by atoms with Crippen molar-refractivity contribution in [3.63, 3.8) is 0 Å². The minimum Gasteiger partial charge on any atom is -0.364 e. The summed E-state index contributed by atoms with van der Waals surface area (Å²) in [6, 6.07) is 0. The molecule has 0 atom stereocenters. The molecule has 0 aliphatic carbocycles. The Balaban J connectivity index is 2.46. The van der Waals surface area contributed by atoms with Crippen LogP contribution >= 0.6 is 0 Å². The smallest absolute Gasteiger partial charge is 0.241 e. The minimum absolute atomic E-state index is 0.0322. The van der Waals surface area contributed by atoms with E-state index in [1.807, 2.05) is 0 Å². The number of nitrogens with one attached hydrogen (secondary N) is 3.